The lowest BCUT2D eigenvalue weighted by atomic mass is 9.96. The normalized spacial score (nSPS) is 10.8. The fraction of sp³-hybridized carbons (Fsp3) is 0.529. The second-order valence-corrected chi connectivity index (χ2v) is 6.63. The van der Waals surface area contributed by atoms with Gasteiger partial charge in [0.15, 0.2) is 11.5 Å². The number of hydrogen-bond donors (Lipinski definition) is 2. The van der Waals surface area contributed by atoms with Gasteiger partial charge in [0, 0.05) is 17.5 Å². The van der Waals surface area contributed by atoms with E-state index < -0.39 is 10.3 Å². The molecule has 1 aromatic carbocycles. The number of nitrogens with one attached hydrogen (secondary N) is 2. The number of nitro benzene ring substituents is 1. The molecule has 0 unspecified atom stereocenters. The van der Waals surface area contributed by atoms with Gasteiger partial charge in [-0.2, -0.15) is 0 Å². The summed E-state index contributed by atoms with van der Waals surface area (Å²) in [6.07, 6.45) is 0.232. The summed E-state index contributed by atoms with van der Waals surface area (Å²) in [6, 6.07) is 2.81. The van der Waals surface area contributed by atoms with E-state index in [1.807, 2.05) is 0 Å². The third kappa shape index (κ3) is 5.91. The molecule has 0 atom stereocenters. The smallest absolute Gasteiger partial charge is 0.276 e. The van der Waals surface area contributed by atoms with Gasteiger partial charge in [0.1, 0.15) is 0 Å². The quantitative estimate of drug-likeness (QED) is 0.530. The van der Waals surface area contributed by atoms with Gasteiger partial charge in [-0.3, -0.25) is 19.7 Å². The molecule has 0 saturated carbocycles. The van der Waals surface area contributed by atoms with E-state index in [2.05, 4.69) is 10.6 Å². The van der Waals surface area contributed by atoms with Crippen molar-refractivity contribution in [3.05, 3.63) is 27.8 Å². The van der Waals surface area contributed by atoms with Gasteiger partial charge in [-0.1, -0.05) is 20.8 Å². The van der Waals surface area contributed by atoms with Crippen molar-refractivity contribution in [2.45, 2.75) is 27.2 Å². The van der Waals surface area contributed by atoms with Crippen LogP contribution in [0.25, 0.3) is 0 Å². The number of amides is 2. The first-order valence-electron chi connectivity index (χ1n) is 8.04. The van der Waals surface area contributed by atoms with Gasteiger partial charge >= 0.3 is 0 Å². The molecule has 1 rings (SSSR count). The second kappa shape index (κ2) is 9.02. The largest absolute Gasteiger partial charge is 0.493 e. The summed E-state index contributed by atoms with van der Waals surface area (Å²) >= 11 is 0. The molecule has 0 bridgehead atoms. The molecule has 2 amide bonds. The van der Waals surface area contributed by atoms with Gasteiger partial charge in [0.05, 0.1) is 31.8 Å². The standard InChI is InChI=1S/C17H25N3O6/c1-17(2,3)16(22)19-10-15(21)18-7-6-11-8-13(25-4)14(26-5)9-12(11)20(23)24/h8-9H,6-7,10H2,1-5H3,(H,18,21)(H,19,22). The Morgan fingerprint density at radius 3 is 2.19 bits per heavy atom. The van der Waals surface area contributed by atoms with E-state index >= 15 is 0 Å². The van der Waals surface area contributed by atoms with Crippen LogP contribution in [0, 0.1) is 15.5 Å². The van der Waals surface area contributed by atoms with Gasteiger partial charge in [0.25, 0.3) is 5.69 Å². The summed E-state index contributed by atoms with van der Waals surface area (Å²) in [5.41, 5.74) is -0.287. The third-order valence-corrected chi connectivity index (χ3v) is 3.59. The number of rotatable bonds is 8. The number of benzene rings is 1. The van der Waals surface area contributed by atoms with Gasteiger partial charge in [0.2, 0.25) is 11.8 Å². The number of methoxy groups -OCH3 is 2. The van der Waals surface area contributed by atoms with Crippen molar-refractivity contribution in [1.29, 1.82) is 0 Å². The Hall–Kier alpha value is -2.84. The number of hydrogen-bond acceptors (Lipinski definition) is 6. The van der Waals surface area contributed by atoms with Crippen LogP contribution >= 0.6 is 0 Å². The average molecular weight is 367 g/mol. The maximum Gasteiger partial charge on any atom is 0.276 e. The Morgan fingerprint density at radius 1 is 1.12 bits per heavy atom. The van der Waals surface area contributed by atoms with Crippen LogP contribution < -0.4 is 20.1 Å². The summed E-state index contributed by atoms with van der Waals surface area (Å²) in [4.78, 5) is 34.2. The monoisotopic (exact) mass is 367 g/mol. The molecule has 0 radical (unpaired) electrons. The highest BCUT2D eigenvalue weighted by Crippen LogP contribution is 2.34. The SMILES string of the molecule is COc1cc(CCNC(=O)CNC(=O)C(C)(C)C)c([N+](=O)[O-])cc1OC. The maximum atomic E-state index is 11.8. The molecule has 1 aromatic rings. The topological polar surface area (TPSA) is 120 Å². The van der Waals surface area contributed by atoms with Crippen LogP contribution in [0.5, 0.6) is 11.5 Å². The van der Waals surface area contributed by atoms with Crippen molar-refractivity contribution in [3.63, 3.8) is 0 Å². The summed E-state index contributed by atoms with van der Waals surface area (Å²) in [5, 5.41) is 16.4. The summed E-state index contributed by atoms with van der Waals surface area (Å²) in [7, 11) is 2.83. The fourth-order valence-corrected chi connectivity index (χ4v) is 2.11. The van der Waals surface area contributed by atoms with Crippen molar-refractivity contribution in [2.24, 2.45) is 5.41 Å². The molecule has 144 valence electrons. The van der Waals surface area contributed by atoms with E-state index in [1.165, 1.54) is 26.4 Å². The van der Waals surface area contributed by atoms with Crippen molar-refractivity contribution < 1.29 is 24.0 Å². The van der Waals surface area contributed by atoms with Crippen molar-refractivity contribution in [1.82, 2.24) is 10.6 Å². The van der Waals surface area contributed by atoms with E-state index in [4.69, 9.17) is 9.47 Å². The lowest BCUT2D eigenvalue weighted by molar-refractivity contribution is -0.385. The molecule has 0 aliphatic carbocycles. The number of carbonyl (C=O) groups excluding carboxylic acids is 2. The molecule has 0 spiro atoms. The van der Waals surface area contributed by atoms with E-state index in [0.717, 1.165) is 0 Å². The van der Waals surface area contributed by atoms with Crippen LogP contribution in [0.15, 0.2) is 12.1 Å². The minimum Gasteiger partial charge on any atom is -0.493 e. The lowest BCUT2D eigenvalue weighted by Gasteiger charge is -2.17. The first kappa shape index (κ1) is 21.2. The van der Waals surface area contributed by atoms with Crippen molar-refractivity contribution >= 4 is 17.5 Å². The van der Waals surface area contributed by atoms with Crippen LogP contribution in [0.1, 0.15) is 26.3 Å². The molecule has 0 fully saturated rings. The highest BCUT2D eigenvalue weighted by Gasteiger charge is 2.22. The molecular formula is C17H25N3O6. The predicted octanol–water partition coefficient (Wildman–Crippen LogP) is 1.43. The number of carbonyl (C=O) groups is 2. The van der Waals surface area contributed by atoms with Gasteiger partial charge in [-0.15, -0.1) is 0 Å². The predicted molar refractivity (Wildman–Crippen MR) is 95.4 cm³/mol. The van der Waals surface area contributed by atoms with E-state index in [1.54, 1.807) is 20.8 Å². The zero-order valence-electron chi connectivity index (χ0n) is 15.7. The summed E-state index contributed by atoms with van der Waals surface area (Å²) < 4.78 is 10.2. The second-order valence-electron chi connectivity index (χ2n) is 6.63. The van der Waals surface area contributed by atoms with Crippen LogP contribution in [-0.4, -0.2) is 44.0 Å². The molecular weight excluding hydrogens is 342 g/mol. The van der Waals surface area contributed by atoms with Crippen LogP contribution in [0.4, 0.5) is 5.69 Å². The molecule has 0 aliphatic heterocycles. The van der Waals surface area contributed by atoms with Crippen LogP contribution in [0.3, 0.4) is 0 Å². The molecule has 9 heteroatoms. The Kier molecular flexibility index (Phi) is 7.36. The van der Waals surface area contributed by atoms with Crippen LogP contribution in [-0.2, 0) is 16.0 Å². The summed E-state index contributed by atoms with van der Waals surface area (Å²) in [6.45, 7) is 5.27. The van der Waals surface area contributed by atoms with Gasteiger partial charge in [-0.25, -0.2) is 0 Å². The van der Waals surface area contributed by atoms with Crippen molar-refractivity contribution in [2.75, 3.05) is 27.3 Å². The Balaban J connectivity index is 2.68. The molecule has 0 aliphatic rings. The highest BCUT2D eigenvalue weighted by atomic mass is 16.6. The first-order chi connectivity index (χ1) is 12.1. The summed E-state index contributed by atoms with van der Waals surface area (Å²) in [5.74, 6) is 0.0302. The Bertz CT molecular complexity index is 682. The molecule has 0 heterocycles. The van der Waals surface area contributed by atoms with Gasteiger partial charge in [-0.05, 0) is 12.5 Å². The molecule has 0 saturated heterocycles. The minimum atomic E-state index is -0.583. The zero-order valence-corrected chi connectivity index (χ0v) is 15.7. The molecule has 9 nitrogen and oxygen atoms in total. The Morgan fingerprint density at radius 2 is 1.69 bits per heavy atom. The highest BCUT2D eigenvalue weighted by molar-refractivity contribution is 5.87. The molecule has 2 N–H and O–H groups in total. The van der Waals surface area contributed by atoms with E-state index in [-0.39, 0.29) is 42.8 Å². The minimum absolute atomic E-state index is 0.113. The van der Waals surface area contributed by atoms with Crippen molar-refractivity contribution in [3.8, 4) is 11.5 Å². The zero-order chi connectivity index (χ0) is 19.9. The average Bonchev–Trinajstić information content (AvgIpc) is 2.57. The third-order valence-electron chi connectivity index (χ3n) is 3.59. The van der Waals surface area contributed by atoms with Crippen LogP contribution in [0.2, 0.25) is 0 Å². The molecule has 0 aromatic heterocycles. The first-order valence-corrected chi connectivity index (χ1v) is 8.04. The van der Waals surface area contributed by atoms with Gasteiger partial charge < -0.3 is 20.1 Å². The number of nitro groups is 1. The van der Waals surface area contributed by atoms with E-state index in [9.17, 15) is 19.7 Å². The van der Waals surface area contributed by atoms with E-state index in [0.29, 0.717) is 11.3 Å². The number of ether oxygens (including phenoxy) is 2. The molecule has 26 heavy (non-hydrogen) atoms. The fourth-order valence-electron chi connectivity index (χ4n) is 2.11. The Labute approximate surface area is 152 Å². The lowest BCUT2D eigenvalue weighted by Crippen LogP contribution is -2.42. The maximum absolute atomic E-state index is 11.8. The number of nitrogens with zero attached hydrogens (tertiary/aromatic N) is 1.